The molecule has 3 N–H and O–H groups in total. The first-order valence-corrected chi connectivity index (χ1v) is 12.2. The van der Waals surface area contributed by atoms with Crippen molar-refractivity contribution in [2.75, 3.05) is 18.5 Å². The molecule has 0 unspecified atom stereocenters. The summed E-state index contributed by atoms with van der Waals surface area (Å²) in [4.78, 5) is 12.1. The number of hydrogen-bond acceptors (Lipinski definition) is 10. The molecule has 0 aliphatic carbocycles. The van der Waals surface area contributed by atoms with Crippen molar-refractivity contribution in [3.63, 3.8) is 0 Å². The molecule has 4 aromatic heterocycles. The lowest BCUT2D eigenvalue weighted by atomic mass is 10.1. The topological polar surface area (TPSA) is 145 Å². The number of imidazole rings is 1. The standard InChI is InChI=1S/C24H22ClN7O5/c25-14-7-15-23(29-24(27-15)37-19-11-35-20-18(33)10-34-21(19)20)28-22(14)26-8-16-13-3-1-2-4-17(13)32(30-16)9-12-5-6-36-31-12/h1-7,18-21,33H,8-11H2,(H2,26,27,28,29)/t18-,19-,20-,21-/m1/s1. The van der Waals surface area contributed by atoms with Crippen molar-refractivity contribution in [1.29, 1.82) is 0 Å². The zero-order chi connectivity index (χ0) is 24.9. The first-order chi connectivity index (χ1) is 18.1. The van der Waals surface area contributed by atoms with Crippen molar-refractivity contribution in [2.45, 2.75) is 37.5 Å². The second kappa shape index (κ2) is 8.99. The summed E-state index contributed by atoms with van der Waals surface area (Å²) in [5.41, 5.74) is 3.71. The van der Waals surface area contributed by atoms with Crippen LogP contribution in [0.15, 0.2) is 47.2 Å². The number of benzene rings is 1. The Hall–Kier alpha value is -3.71. The fourth-order valence-electron chi connectivity index (χ4n) is 4.85. The molecule has 2 aliphatic heterocycles. The van der Waals surface area contributed by atoms with Gasteiger partial charge in [0.15, 0.2) is 11.8 Å². The monoisotopic (exact) mass is 523 g/mol. The van der Waals surface area contributed by atoms with Gasteiger partial charge in [0.1, 0.15) is 36.1 Å². The lowest BCUT2D eigenvalue weighted by Crippen LogP contribution is -2.34. The zero-order valence-electron chi connectivity index (χ0n) is 19.4. The summed E-state index contributed by atoms with van der Waals surface area (Å²) >= 11 is 6.53. The maximum absolute atomic E-state index is 9.94. The number of aliphatic hydroxyl groups excluding tert-OH is 1. The van der Waals surface area contributed by atoms with Gasteiger partial charge in [-0.1, -0.05) is 35.0 Å². The average molecular weight is 524 g/mol. The number of aliphatic hydroxyl groups is 1. The molecular weight excluding hydrogens is 502 g/mol. The third-order valence-corrected chi connectivity index (χ3v) is 6.90. The molecule has 1 aromatic carbocycles. The molecule has 7 rings (SSSR count). The largest absolute Gasteiger partial charge is 0.456 e. The van der Waals surface area contributed by atoms with Crippen LogP contribution in [0.3, 0.4) is 0 Å². The van der Waals surface area contributed by atoms with E-state index in [1.54, 1.807) is 12.3 Å². The third-order valence-electron chi connectivity index (χ3n) is 6.61. The molecule has 4 atom stereocenters. The summed E-state index contributed by atoms with van der Waals surface area (Å²) in [7, 11) is 0. The Labute approximate surface area is 214 Å². The lowest BCUT2D eigenvalue weighted by molar-refractivity contribution is 0.00706. The molecule has 37 heavy (non-hydrogen) atoms. The van der Waals surface area contributed by atoms with Crippen LogP contribution in [-0.2, 0) is 22.6 Å². The number of rotatable bonds is 7. The van der Waals surface area contributed by atoms with Crippen LogP contribution in [0.1, 0.15) is 11.4 Å². The minimum Gasteiger partial charge on any atom is -0.456 e. The molecule has 2 fully saturated rings. The molecule has 12 nitrogen and oxygen atoms in total. The second-order valence-corrected chi connectivity index (χ2v) is 9.42. The average Bonchev–Trinajstić information content (AvgIpc) is 3.71. The van der Waals surface area contributed by atoms with E-state index in [1.165, 1.54) is 0 Å². The van der Waals surface area contributed by atoms with Crippen molar-refractivity contribution < 1.29 is 23.8 Å². The van der Waals surface area contributed by atoms with Crippen LogP contribution in [0.2, 0.25) is 5.02 Å². The van der Waals surface area contributed by atoms with Crippen molar-refractivity contribution in [3.8, 4) is 6.01 Å². The fourth-order valence-corrected chi connectivity index (χ4v) is 5.07. The van der Waals surface area contributed by atoms with Crippen LogP contribution in [0.4, 0.5) is 5.82 Å². The lowest BCUT2D eigenvalue weighted by Gasteiger charge is -2.15. The van der Waals surface area contributed by atoms with Gasteiger partial charge in [0.05, 0.1) is 48.1 Å². The highest BCUT2D eigenvalue weighted by atomic mass is 35.5. The summed E-state index contributed by atoms with van der Waals surface area (Å²) in [5.74, 6) is 0.480. The van der Waals surface area contributed by atoms with E-state index in [4.69, 9.17) is 35.4 Å². The van der Waals surface area contributed by atoms with Gasteiger partial charge in [-0.15, -0.1) is 0 Å². The van der Waals surface area contributed by atoms with Gasteiger partial charge in [-0.25, -0.2) is 4.98 Å². The smallest absolute Gasteiger partial charge is 0.296 e. The summed E-state index contributed by atoms with van der Waals surface area (Å²) < 4.78 is 24.1. The van der Waals surface area contributed by atoms with Gasteiger partial charge < -0.3 is 34.1 Å². The number of anilines is 1. The van der Waals surface area contributed by atoms with Gasteiger partial charge in [0, 0.05) is 11.5 Å². The van der Waals surface area contributed by atoms with E-state index in [-0.39, 0.29) is 30.9 Å². The van der Waals surface area contributed by atoms with Crippen LogP contribution < -0.4 is 10.1 Å². The van der Waals surface area contributed by atoms with Gasteiger partial charge in [0.25, 0.3) is 6.01 Å². The van der Waals surface area contributed by atoms with E-state index in [9.17, 15) is 5.11 Å². The number of pyridine rings is 1. The maximum Gasteiger partial charge on any atom is 0.296 e. The van der Waals surface area contributed by atoms with Gasteiger partial charge in [-0.3, -0.25) is 4.68 Å². The summed E-state index contributed by atoms with van der Waals surface area (Å²) in [6.45, 7) is 1.44. The second-order valence-electron chi connectivity index (χ2n) is 9.02. The Balaban J connectivity index is 1.10. The summed E-state index contributed by atoms with van der Waals surface area (Å²) in [6.07, 6.45) is -0.195. The highest BCUT2D eigenvalue weighted by Gasteiger charge is 2.48. The molecule has 6 heterocycles. The molecule has 0 radical (unpaired) electrons. The van der Waals surface area contributed by atoms with Gasteiger partial charge in [-0.2, -0.15) is 10.1 Å². The molecular formula is C24H22ClN7O5. The third kappa shape index (κ3) is 4.07. The number of aromatic amines is 1. The Bertz CT molecular complexity index is 1570. The van der Waals surface area contributed by atoms with Gasteiger partial charge >= 0.3 is 0 Å². The zero-order valence-corrected chi connectivity index (χ0v) is 20.1. The predicted octanol–water partition coefficient (Wildman–Crippen LogP) is 2.52. The number of nitrogens with one attached hydrogen (secondary N) is 2. The van der Waals surface area contributed by atoms with Crippen LogP contribution >= 0.6 is 11.6 Å². The number of H-pyrrole nitrogens is 1. The molecule has 0 spiro atoms. The Morgan fingerprint density at radius 3 is 2.95 bits per heavy atom. The molecule has 0 amide bonds. The van der Waals surface area contributed by atoms with Crippen molar-refractivity contribution in [1.82, 2.24) is 29.9 Å². The molecule has 2 saturated heterocycles. The first-order valence-electron chi connectivity index (χ1n) is 11.8. The van der Waals surface area contributed by atoms with E-state index in [1.807, 2.05) is 35.0 Å². The number of hydrogen-bond donors (Lipinski definition) is 3. The molecule has 2 aliphatic rings. The van der Waals surface area contributed by atoms with E-state index in [0.29, 0.717) is 41.7 Å². The Kier molecular flexibility index (Phi) is 5.47. The minimum absolute atomic E-state index is 0.231. The normalized spacial score (nSPS) is 23.2. The quantitative estimate of drug-likeness (QED) is 0.291. The van der Waals surface area contributed by atoms with Crippen LogP contribution in [0.25, 0.3) is 22.1 Å². The highest BCUT2D eigenvalue weighted by Crippen LogP contribution is 2.31. The van der Waals surface area contributed by atoms with Crippen molar-refractivity contribution >= 4 is 39.5 Å². The number of ether oxygens (including phenoxy) is 3. The van der Waals surface area contributed by atoms with E-state index in [2.05, 4.69) is 25.4 Å². The van der Waals surface area contributed by atoms with Crippen molar-refractivity contribution in [3.05, 3.63) is 59.1 Å². The van der Waals surface area contributed by atoms with Crippen molar-refractivity contribution in [2.24, 2.45) is 0 Å². The van der Waals surface area contributed by atoms with Crippen LogP contribution in [0.5, 0.6) is 6.01 Å². The number of nitrogens with zero attached hydrogens (tertiary/aromatic N) is 5. The summed E-state index contributed by atoms with van der Waals surface area (Å²) in [6, 6.07) is 11.8. The maximum atomic E-state index is 9.94. The highest BCUT2D eigenvalue weighted by molar-refractivity contribution is 6.33. The van der Waals surface area contributed by atoms with Crippen LogP contribution in [-0.4, -0.2) is 72.6 Å². The number of para-hydroxylation sites is 1. The first kappa shape index (κ1) is 22.5. The van der Waals surface area contributed by atoms with Gasteiger partial charge in [0.2, 0.25) is 0 Å². The van der Waals surface area contributed by atoms with Crippen LogP contribution in [0, 0.1) is 0 Å². The number of aromatic nitrogens is 6. The minimum atomic E-state index is -0.644. The predicted molar refractivity (Wildman–Crippen MR) is 131 cm³/mol. The number of fused-ring (bicyclic) bond motifs is 3. The SMILES string of the molecule is O[C@@H]1CO[C@H]2[C@@H]1OC[C@H]2Oc1nc2nc(NCc3nn(Cc4ccon4)c4ccccc34)c(Cl)cc2[nH]1. The van der Waals surface area contributed by atoms with E-state index < -0.39 is 6.10 Å². The molecule has 5 aromatic rings. The van der Waals surface area contributed by atoms with E-state index >= 15 is 0 Å². The number of halogens is 1. The molecule has 190 valence electrons. The van der Waals surface area contributed by atoms with Gasteiger partial charge in [-0.05, 0) is 12.1 Å². The summed E-state index contributed by atoms with van der Waals surface area (Å²) in [5, 5.41) is 23.4. The Morgan fingerprint density at radius 2 is 2.05 bits per heavy atom. The fraction of sp³-hybridized carbons (Fsp3) is 0.333. The molecule has 13 heteroatoms. The molecule has 0 saturated carbocycles. The molecule has 0 bridgehead atoms. The van der Waals surface area contributed by atoms with E-state index in [0.717, 1.165) is 22.3 Å². The Morgan fingerprint density at radius 1 is 1.16 bits per heavy atom.